The second-order valence-corrected chi connectivity index (χ2v) is 9.80. The largest absolute Gasteiger partial charge is 0.394 e. The molecule has 4 aliphatic rings. The number of amides is 3. The van der Waals surface area contributed by atoms with E-state index in [1.165, 1.54) is 0 Å². The van der Waals surface area contributed by atoms with Crippen molar-refractivity contribution in [3.8, 4) is 0 Å². The molecule has 4 fully saturated rings. The maximum Gasteiger partial charge on any atom is 0.245 e. The average molecular weight is 467 g/mol. The number of nitrogens with zero attached hydrogens (tertiary/aromatic N) is 2. The predicted molar refractivity (Wildman–Crippen MR) is 119 cm³/mol. The molecule has 33 heavy (non-hydrogen) atoms. The molecule has 0 aromatic heterocycles. The van der Waals surface area contributed by atoms with E-state index in [0.717, 1.165) is 19.5 Å². The lowest BCUT2D eigenvalue weighted by molar-refractivity contribution is -0.147. The lowest BCUT2D eigenvalue weighted by atomic mass is 9.70. The number of nitrogens with one attached hydrogen (secondary N) is 2. The van der Waals surface area contributed by atoms with E-state index in [9.17, 15) is 19.5 Å². The maximum atomic E-state index is 13.8. The van der Waals surface area contributed by atoms with Gasteiger partial charge in [-0.05, 0) is 18.8 Å². The molecule has 4 heterocycles. The molecule has 0 aliphatic carbocycles. The van der Waals surface area contributed by atoms with E-state index in [1.807, 2.05) is 13.8 Å². The molecule has 4 saturated heterocycles. The molecule has 0 radical (unpaired) electrons. The third kappa shape index (κ3) is 4.05. The van der Waals surface area contributed by atoms with Gasteiger partial charge in [0.2, 0.25) is 17.7 Å². The molecule has 3 amide bonds. The van der Waals surface area contributed by atoms with E-state index < -0.39 is 29.5 Å². The van der Waals surface area contributed by atoms with Crippen molar-refractivity contribution in [2.45, 2.75) is 56.9 Å². The van der Waals surface area contributed by atoms with Crippen molar-refractivity contribution in [2.75, 3.05) is 53.0 Å². The number of fused-ring (bicyclic) bond motifs is 1. The van der Waals surface area contributed by atoms with Crippen molar-refractivity contribution in [3.05, 3.63) is 0 Å². The standard InChI is InChI=1S/C23H38N4O6/c1-4-14(2)15(13-28)27-19(21(30)25-7-8-26-9-11-32-12-10-26)23-6-5-16(33-23)17(20(29)24-3)18(23)22(27)31/h14-19,28H,4-13H2,1-3H3,(H,24,29)(H,25,30)/t14-,15-,16-,17+,18-,19?,23?/m0/s1. The number of hydrogen-bond acceptors (Lipinski definition) is 7. The fourth-order valence-electron chi connectivity index (χ4n) is 6.29. The van der Waals surface area contributed by atoms with Crippen LogP contribution in [0.1, 0.15) is 33.1 Å². The van der Waals surface area contributed by atoms with Gasteiger partial charge in [0.15, 0.2) is 0 Å². The molecule has 4 aliphatic heterocycles. The third-order valence-electron chi connectivity index (χ3n) is 8.21. The van der Waals surface area contributed by atoms with Gasteiger partial charge in [0.1, 0.15) is 11.6 Å². The molecular weight excluding hydrogens is 428 g/mol. The number of likely N-dealkylation sites (tertiary alicyclic amines) is 1. The smallest absolute Gasteiger partial charge is 0.245 e. The first-order valence-electron chi connectivity index (χ1n) is 12.3. The van der Waals surface area contributed by atoms with Crippen LogP contribution in [-0.4, -0.2) is 109 Å². The van der Waals surface area contributed by atoms with E-state index in [0.29, 0.717) is 39.1 Å². The molecular formula is C23H38N4O6. The predicted octanol–water partition coefficient (Wildman–Crippen LogP) is -1.04. The summed E-state index contributed by atoms with van der Waals surface area (Å²) in [5.41, 5.74) is -1.02. The first kappa shape index (κ1) is 24.4. The highest BCUT2D eigenvalue weighted by Gasteiger charge is 2.75. The van der Waals surface area contributed by atoms with Crippen molar-refractivity contribution < 1.29 is 29.0 Å². The highest BCUT2D eigenvalue weighted by molar-refractivity contribution is 5.99. The molecule has 1 spiro atoms. The van der Waals surface area contributed by atoms with E-state index >= 15 is 0 Å². The molecule has 186 valence electrons. The van der Waals surface area contributed by atoms with Gasteiger partial charge in [-0.15, -0.1) is 0 Å². The molecule has 3 N–H and O–H groups in total. The van der Waals surface area contributed by atoms with Crippen LogP contribution in [-0.2, 0) is 23.9 Å². The minimum Gasteiger partial charge on any atom is -0.394 e. The van der Waals surface area contributed by atoms with Crippen LogP contribution >= 0.6 is 0 Å². The Morgan fingerprint density at radius 2 is 2.00 bits per heavy atom. The number of aliphatic hydroxyl groups is 1. The summed E-state index contributed by atoms with van der Waals surface area (Å²) >= 11 is 0. The molecule has 4 rings (SSSR count). The Bertz CT molecular complexity index is 759. The molecule has 10 heteroatoms. The second-order valence-electron chi connectivity index (χ2n) is 9.80. The van der Waals surface area contributed by atoms with Crippen LogP contribution < -0.4 is 10.6 Å². The van der Waals surface area contributed by atoms with Gasteiger partial charge in [0, 0.05) is 33.2 Å². The molecule has 0 aromatic rings. The van der Waals surface area contributed by atoms with Gasteiger partial charge in [0.25, 0.3) is 0 Å². The monoisotopic (exact) mass is 466 g/mol. The molecule has 0 saturated carbocycles. The van der Waals surface area contributed by atoms with Crippen LogP contribution in [0.5, 0.6) is 0 Å². The summed E-state index contributed by atoms with van der Waals surface area (Å²) in [5.74, 6) is -2.06. The van der Waals surface area contributed by atoms with Gasteiger partial charge in [-0.3, -0.25) is 19.3 Å². The topological polar surface area (TPSA) is 120 Å². The molecule has 2 bridgehead atoms. The molecule has 2 unspecified atom stereocenters. The summed E-state index contributed by atoms with van der Waals surface area (Å²) in [5, 5.41) is 15.9. The Balaban J connectivity index is 1.60. The van der Waals surface area contributed by atoms with Gasteiger partial charge in [-0.25, -0.2) is 0 Å². The number of ether oxygens (including phenoxy) is 2. The molecule has 10 nitrogen and oxygen atoms in total. The van der Waals surface area contributed by atoms with Gasteiger partial charge >= 0.3 is 0 Å². The van der Waals surface area contributed by atoms with Crippen molar-refractivity contribution in [1.29, 1.82) is 0 Å². The minimum atomic E-state index is -1.02. The highest BCUT2D eigenvalue weighted by Crippen LogP contribution is 2.59. The third-order valence-corrected chi connectivity index (χ3v) is 8.21. The quantitative estimate of drug-likeness (QED) is 0.397. The number of carbonyl (C=O) groups excluding carboxylic acids is 3. The first-order valence-corrected chi connectivity index (χ1v) is 12.3. The van der Waals surface area contributed by atoms with Gasteiger partial charge in [-0.1, -0.05) is 20.3 Å². The van der Waals surface area contributed by atoms with Crippen molar-refractivity contribution in [1.82, 2.24) is 20.4 Å². The van der Waals surface area contributed by atoms with Crippen molar-refractivity contribution in [2.24, 2.45) is 17.8 Å². The van der Waals surface area contributed by atoms with Crippen LogP contribution in [0.25, 0.3) is 0 Å². The van der Waals surface area contributed by atoms with E-state index in [2.05, 4.69) is 15.5 Å². The maximum absolute atomic E-state index is 13.8. The van der Waals surface area contributed by atoms with Crippen molar-refractivity contribution >= 4 is 17.7 Å². The van der Waals surface area contributed by atoms with Crippen LogP contribution in [0.3, 0.4) is 0 Å². The fourth-order valence-corrected chi connectivity index (χ4v) is 6.29. The number of hydrogen-bond donors (Lipinski definition) is 3. The average Bonchev–Trinajstić information content (AvgIpc) is 3.47. The van der Waals surface area contributed by atoms with Crippen LogP contribution in [0.4, 0.5) is 0 Å². The summed E-state index contributed by atoms with van der Waals surface area (Å²) < 4.78 is 11.7. The highest BCUT2D eigenvalue weighted by atomic mass is 16.5. The van der Waals surface area contributed by atoms with Gasteiger partial charge in [0.05, 0.1) is 43.8 Å². The number of rotatable bonds is 9. The van der Waals surface area contributed by atoms with Crippen LogP contribution in [0.15, 0.2) is 0 Å². The molecule has 7 atom stereocenters. The number of carbonyl (C=O) groups is 3. The number of morpholine rings is 1. The fraction of sp³-hybridized carbons (Fsp3) is 0.870. The zero-order chi connectivity index (χ0) is 23.8. The van der Waals surface area contributed by atoms with Crippen LogP contribution in [0.2, 0.25) is 0 Å². The first-order chi connectivity index (χ1) is 15.9. The summed E-state index contributed by atoms with van der Waals surface area (Å²) in [6.45, 7) is 7.92. The summed E-state index contributed by atoms with van der Waals surface area (Å²) in [6, 6.07) is -1.36. The van der Waals surface area contributed by atoms with E-state index in [1.54, 1.807) is 11.9 Å². The minimum absolute atomic E-state index is 0.00604. The zero-order valence-electron chi connectivity index (χ0n) is 19.9. The number of aliphatic hydroxyl groups excluding tert-OH is 1. The SMILES string of the molecule is CC[C@H](C)[C@H](CO)N1C(=O)[C@@H]2[C@H](C(=O)NC)[C@@H]3CCC2(O3)C1C(=O)NCCN1CCOCC1. The second kappa shape index (κ2) is 9.85. The van der Waals surface area contributed by atoms with E-state index in [4.69, 9.17) is 9.47 Å². The van der Waals surface area contributed by atoms with Crippen LogP contribution in [0, 0.1) is 17.8 Å². The Morgan fingerprint density at radius 3 is 2.64 bits per heavy atom. The lowest BCUT2D eigenvalue weighted by Gasteiger charge is -2.39. The molecule has 0 aromatic carbocycles. The van der Waals surface area contributed by atoms with E-state index in [-0.39, 0.29) is 36.4 Å². The summed E-state index contributed by atoms with van der Waals surface area (Å²) in [6.07, 6.45) is 1.58. The Morgan fingerprint density at radius 1 is 1.27 bits per heavy atom. The van der Waals surface area contributed by atoms with Gasteiger partial charge in [-0.2, -0.15) is 0 Å². The lowest BCUT2D eigenvalue weighted by Crippen LogP contribution is -2.59. The summed E-state index contributed by atoms with van der Waals surface area (Å²) in [7, 11) is 1.56. The normalized spacial score (nSPS) is 35.4. The van der Waals surface area contributed by atoms with Gasteiger partial charge < -0.3 is 30.1 Å². The Hall–Kier alpha value is -1.75. The Labute approximate surface area is 195 Å². The summed E-state index contributed by atoms with van der Waals surface area (Å²) in [4.78, 5) is 44.0. The zero-order valence-corrected chi connectivity index (χ0v) is 19.9. The van der Waals surface area contributed by atoms with Crippen molar-refractivity contribution in [3.63, 3.8) is 0 Å². The Kier molecular flexibility index (Phi) is 7.28.